The fourth-order valence-corrected chi connectivity index (χ4v) is 2.70. The molecule has 1 fully saturated rings. The third kappa shape index (κ3) is 2.90. The maximum Gasteiger partial charge on any atom is 0.121 e. The molecule has 1 aromatic rings. The van der Waals surface area contributed by atoms with Crippen LogP contribution in [-0.4, -0.2) is 31.1 Å². The summed E-state index contributed by atoms with van der Waals surface area (Å²) in [4.78, 5) is 2.54. The third-order valence-electron chi connectivity index (χ3n) is 3.37. The molecule has 96 valence electrons. The normalized spacial score (nSPS) is 20.5. The highest BCUT2D eigenvalue weighted by Crippen LogP contribution is 2.38. The van der Waals surface area contributed by atoms with Gasteiger partial charge in [-0.15, -0.1) is 0 Å². The molecule has 2 rings (SSSR count). The van der Waals surface area contributed by atoms with E-state index in [1.807, 2.05) is 6.92 Å². The SMILES string of the molecule is Cc1ccc([C@H](N2CCNCC2)C(C)(C)C)o1. The van der Waals surface area contributed by atoms with Crippen molar-refractivity contribution < 1.29 is 4.42 Å². The van der Waals surface area contributed by atoms with Crippen LogP contribution < -0.4 is 5.32 Å². The first-order valence-electron chi connectivity index (χ1n) is 6.49. The van der Waals surface area contributed by atoms with E-state index in [0.717, 1.165) is 37.7 Å². The van der Waals surface area contributed by atoms with Gasteiger partial charge in [0.2, 0.25) is 0 Å². The lowest BCUT2D eigenvalue weighted by molar-refractivity contribution is 0.0690. The predicted octanol–water partition coefficient (Wildman–Crippen LogP) is 2.58. The molecular formula is C14H24N2O. The molecule has 2 heterocycles. The van der Waals surface area contributed by atoms with Crippen molar-refractivity contribution in [2.75, 3.05) is 26.2 Å². The average molecular weight is 236 g/mol. The Morgan fingerprint density at radius 1 is 1.24 bits per heavy atom. The number of nitrogens with zero attached hydrogens (tertiary/aromatic N) is 1. The lowest BCUT2D eigenvalue weighted by Crippen LogP contribution is -2.48. The molecule has 1 aromatic heterocycles. The number of hydrogen-bond donors (Lipinski definition) is 1. The molecule has 1 aliphatic heterocycles. The van der Waals surface area contributed by atoms with E-state index < -0.39 is 0 Å². The number of rotatable bonds is 2. The molecular weight excluding hydrogens is 212 g/mol. The Kier molecular flexibility index (Phi) is 3.59. The molecule has 0 saturated carbocycles. The highest BCUT2D eigenvalue weighted by molar-refractivity contribution is 5.12. The van der Waals surface area contributed by atoms with E-state index in [1.165, 1.54) is 0 Å². The molecule has 0 spiro atoms. The van der Waals surface area contributed by atoms with E-state index in [0.29, 0.717) is 6.04 Å². The summed E-state index contributed by atoms with van der Waals surface area (Å²) >= 11 is 0. The van der Waals surface area contributed by atoms with Crippen LogP contribution >= 0.6 is 0 Å². The van der Waals surface area contributed by atoms with Gasteiger partial charge >= 0.3 is 0 Å². The van der Waals surface area contributed by atoms with Gasteiger partial charge in [0.1, 0.15) is 11.5 Å². The van der Waals surface area contributed by atoms with Crippen LogP contribution in [0.15, 0.2) is 16.5 Å². The largest absolute Gasteiger partial charge is 0.465 e. The Bertz CT molecular complexity index is 359. The topological polar surface area (TPSA) is 28.4 Å². The fraction of sp³-hybridized carbons (Fsp3) is 0.714. The first kappa shape index (κ1) is 12.7. The number of nitrogens with one attached hydrogen (secondary N) is 1. The molecule has 1 saturated heterocycles. The summed E-state index contributed by atoms with van der Waals surface area (Å²) in [5, 5.41) is 3.41. The number of furan rings is 1. The Hall–Kier alpha value is -0.800. The first-order valence-corrected chi connectivity index (χ1v) is 6.49. The van der Waals surface area contributed by atoms with Gasteiger partial charge in [-0.05, 0) is 24.5 Å². The van der Waals surface area contributed by atoms with Gasteiger partial charge in [0.05, 0.1) is 6.04 Å². The molecule has 3 nitrogen and oxygen atoms in total. The second-order valence-electron chi connectivity index (χ2n) is 6.00. The Morgan fingerprint density at radius 3 is 2.35 bits per heavy atom. The van der Waals surface area contributed by atoms with Crippen molar-refractivity contribution in [3.05, 3.63) is 23.7 Å². The van der Waals surface area contributed by atoms with Crippen LogP contribution in [0.5, 0.6) is 0 Å². The minimum absolute atomic E-state index is 0.196. The number of hydrogen-bond acceptors (Lipinski definition) is 3. The van der Waals surface area contributed by atoms with E-state index in [9.17, 15) is 0 Å². The summed E-state index contributed by atoms with van der Waals surface area (Å²) in [5.74, 6) is 2.11. The zero-order chi connectivity index (χ0) is 12.5. The van der Waals surface area contributed by atoms with Crippen LogP contribution in [0.25, 0.3) is 0 Å². The van der Waals surface area contributed by atoms with Crippen LogP contribution in [-0.2, 0) is 0 Å². The molecule has 0 unspecified atom stereocenters. The van der Waals surface area contributed by atoms with Gasteiger partial charge in [-0.2, -0.15) is 0 Å². The van der Waals surface area contributed by atoms with E-state index >= 15 is 0 Å². The monoisotopic (exact) mass is 236 g/mol. The maximum atomic E-state index is 5.86. The number of aryl methyl sites for hydroxylation is 1. The van der Waals surface area contributed by atoms with E-state index in [4.69, 9.17) is 4.42 Å². The van der Waals surface area contributed by atoms with Crippen molar-refractivity contribution in [1.82, 2.24) is 10.2 Å². The van der Waals surface area contributed by atoms with Gasteiger partial charge in [-0.3, -0.25) is 4.90 Å². The van der Waals surface area contributed by atoms with Crippen molar-refractivity contribution >= 4 is 0 Å². The second-order valence-corrected chi connectivity index (χ2v) is 6.00. The minimum Gasteiger partial charge on any atom is -0.465 e. The van der Waals surface area contributed by atoms with Crippen LogP contribution in [0, 0.1) is 12.3 Å². The average Bonchev–Trinajstić information content (AvgIpc) is 2.64. The second kappa shape index (κ2) is 4.83. The molecule has 1 N–H and O–H groups in total. The molecule has 17 heavy (non-hydrogen) atoms. The van der Waals surface area contributed by atoms with Crippen molar-refractivity contribution in [2.45, 2.75) is 33.7 Å². The summed E-state index contributed by atoms with van der Waals surface area (Å²) in [6.45, 7) is 13.2. The standard InChI is InChI=1S/C14H24N2O/c1-11-5-6-12(17-11)13(14(2,3)4)16-9-7-15-8-10-16/h5-6,13,15H,7-10H2,1-4H3/t13-/m0/s1. The molecule has 3 heteroatoms. The maximum absolute atomic E-state index is 5.86. The molecule has 0 amide bonds. The Balaban J connectivity index is 2.24. The van der Waals surface area contributed by atoms with Gasteiger partial charge in [0.25, 0.3) is 0 Å². The summed E-state index contributed by atoms with van der Waals surface area (Å²) < 4.78 is 5.86. The van der Waals surface area contributed by atoms with E-state index in [1.54, 1.807) is 0 Å². The molecule has 1 aliphatic rings. The van der Waals surface area contributed by atoms with Crippen molar-refractivity contribution in [3.8, 4) is 0 Å². The lowest BCUT2D eigenvalue weighted by atomic mass is 9.84. The summed E-state index contributed by atoms with van der Waals surface area (Å²) in [5.41, 5.74) is 0.196. The van der Waals surface area contributed by atoms with Gasteiger partial charge < -0.3 is 9.73 Å². The van der Waals surface area contributed by atoms with Crippen LogP contribution in [0.3, 0.4) is 0 Å². The smallest absolute Gasteiger partial charge is 0.121 e. The molecule has 0 aromatic carbocycles. The van der Waals surface area contributed by atoms with E-state index in [2.05, 4.69) is 43.1 Å². The summed E-state index contributed by atoms with van der Waals surface area (Å²) in [6.07, 6.45) is 0. The van der Waals surface area contributed by atoms with Gasteiger partial charge in [-0.25, -0.2) is 0 Å². The van der Waals surface area contributed by atoms with Crippen LogP contribution in [0.1, 0.15) is 38.3 Å². The minimum atomic E-state index is 0.196. The molecule has 0 aliphatic carbocycles. The van der Waals surface area contributed by atoms with Gasteiger partial charge in [0, 0.05) is 26.2 Å². The summed E-state index contributed by atoms with van der Waals surface area (Å²) in [7, 11) is 0. The molecule has 1 atom stereocenters. The molecule has 0 bridgehead atoms. The van der Waals surface area contributed by atoms with Gasteiger partial charge in [0.15, 0.2) is 0 Å². The zero-order valence-corrected chi connectivity index (χ0v) is 11.4. The highest BCUT2D eigenvalue weighted by atomic mass is 16.3. The van der Waals surface area contributed by atoms with E-state index in [-0.39, 0.29) is 5.41 Å². The number of piperazine rings is 1. The van der Waals surface area contributed by atoms with Crippen LogP contribution in [0.4, 0.5) is 0 Å². The Morgan fingerprint density at radius 2 is 1.88 bits per heavy atom. The van der Waals surface area contributed by atoms with Crippen molar-refractivity contribution in [3.63, 3.8) is 0 Å². The van der Waals surface area contributed by atoms with Crippen LogP contribution in [0.2, 0.25) is 0 Å². The lowest BCUT2D eigenvalue weighted by Gasteiger charge is -2.41. The predicted molar refractivity (Wildman–Crippen MR) is 70.1 cm³/mol. The highest BCUT2D eigenvalue weighted by Gasteiger charge is 2.34. The van der Waals surface area contributed by atoms with Crippen molar-refractivity contribution in [2.24, 2.45) is 5.41 Å². The van der Waals surface area contributed by atoms with Crippen molar-refractivity contribution in [1.29, 1.82) is 0 Å². The quantitative estimate of drug-likeness (QED) is 0.855. The van der Waals surface area contributed by atoms with Gasteiger partial charge in [-0.1, -0.05) is 20.8 Å². The third-order valence-corrected chi connectivity index (χ3v) is 3.37. The fourth-order valence-electron chi connectivity index (χ4n) is 2.70. The summed E-state index contributed by atoms with van der Waals surface area (Å²) in [6, 6.07) is 4.57. The Labute approximate surface area is 104 Å². The first-order chi connectivity index (χ1) is 7.98. The zero-order valence-electron chi connectivity index (χ0n) is 11.4. The molecule has 0 radical (unpaired) electrons.